The number of amides is 1. The second-order valence-electron chi connectivity index (χ2n) is 3.82. The van der Waals surface area contributed by atoms with E-state index in [1.807, 2.05) is 5.10 Å². The lowest BCUT2D eigenvalue weighted by atomic mass is 10.2. The molecule has 0 atom stereocenters. The van der Waals surface area contributed by atoms with Crippen molar-refractivity contribution in [3.8, 4) is 0 Å². The molecule has 2 N–H and O–H groups in total. The number of carbonyl (C=O) groups is 1. The summed E-state index contributed by atoms with van der Waals surface area (Å²) in [6.45, 7) is 0. The Hall–Kier alpha value is -1.96. The van der Waals surface area contributed by atoms with Crippen LogP contribution in [-0.4, -0.2) is 23.2 Å². The minimum absolute atomic E-state index is 0.213. The first-order valence-electron chi connectivity index (χ1n) is 5.53. The first-order chi connectivity index (χ1) is 9.40. The van der Waals surface area contributed by atoms with Gasteiger partial charge in [0.05, 0.1) is 0 Å². The molecule has 1 amide bonds. The maximum absolute atomic E-state index is 12.4. The summed E-state index contributed by atoms with van der Waals surface area (Å²) in [6.07, 6.45) is -4.44. The number of aromatic amines is 1. The maximum Gasteiger partial charge on any atom is 0.432 e. The molecule has 2 aromatic rings. The van der Waals surface area contributed by atoms with Gasteiger partial charge in [-0.25, -0.2) is 0 Å². The van der Waals surface area contributed by atoms with Crippen LogP contribution in [0.15, 0.2) is 40.3 Å². The Morgan fingerprint density at radius 1 is 1.30 bits per heavy atom. The summed E-state index contributed by atoms with van der Waals surface area (Å²) in [6, 6.07) is 7.43. The summed E-state index contributed by atoms with van der Waals surface area (Å²) in [5.41, 5.74) is -0.406. The van der Waals surface area contributed by atoms with Gasteiger partial charge >= 0.3 is 6.18 Å². The Balaban J connectivity index is 2.10. The highest BCUT2D eigenvalue weighted by molar-refractivity contribution is 7.99. The van der Waals surface area contributed by atoms with Gasteiger partial charge in [0, 0.05) is 23.6 Å². The lowest BCUT2D eigenvalue weighted by Gasteiger charge is -2.01. The Labute approximate surface area is 116 Å². The highest BCUT2D eigenvalue weighted by Gasteiger charge is 2.33. The molecule has 1 aromatic heterocycles. The average molecular weight is 301 g/mol. The normalized spacial score (nSPS) is 11.4. The largest absolute Gasteiger partial charge is 0.432 e. The molecule has 0 saturated carbocycles. The zero-order chi connectivity index (χ0) is 14.8. The van der Waals surface area contributed by atoms with Crippen LogP contribution in [0.5, 0.6) is 0 Å². The van der Waals surface area contributed by atoms with Crippen molar-refractivity contribution in [2.24, 2.45) is 0 Å². The van der Waals surface area contributed by atoms with Gasteiger partial charge in [-0.2, -0.15) is 18.3 Å². The highest BCUT2D eigenvalue weighted by atomic mass is 32.2. The Morgan fingerprint density at radius 3 is 2.45 bits per heavy atom. The fraction of sp³-hybridized carbons (Fsp3) is 0.167. The average Bonchev–Trinajstić information content (AvgIpc) is 2.87. The van der Waals surface area contributed by atoms with Crippen LogP contribution >= 0.6 is 11.8 Å². The summed E-state index contributed by atoms with van der Waals surface area (Å²) in [5, 5.41) is 8.23. The van der Waals surface area contributed by atoms with Crippen molar-refractivity contribution >= 4 is 17.7 Å². The Bertz CT molecular complexity index is 607. The number of hydrogen-bond donors (Lipinski definition) is 2. The minimum Gasteiger partial charge on any atom is -0.355 e. The van der Waals surface area contributed by atoms with Gasteiger partial charge in [-0.3, -0.25) is 9.89 Å². The number of nitrogens with one attached hydrogen (secondary N) is 2. The van der Waals surface area contributed by atoms with Crippen molar-refractivity contribution in [1.29, 1.82) is 0 Å². The molecule has 0 aliphatic heterocycles. The summed E-state index contributed by atoms with van der Waals surface area (Å²) in [5.74, 6) is -0.222. The van der Waals surface area contributed by atoms with E-state index in [1.165, 1.54) is 7.05 Å². The van der Waals surface area contributed by atoms with Gasteiger partial charge in [0.25, 0.3) is 5.91 Å². The van der Waals surface area contributed by atoms with Crippen molar-refractivity contribution in [2.45, 2.75) is 16.1 Å². The summed E-state index contributed by atoms with van der Waals surface area (Å²) >= 11 is 1.08. The molecule has 2 rings (SSSR count). The fourth-order valence-corrected chi connectivity index (χ4v) is 2.22. The van der Waals surface area contributed by atoms with Crippen molar-refractivity contribution < 1.29 is 18.0 Å². The molecule has 8 heteroatoms. The fourth-order valence-electron chi connectivity index (χ4n) is 1.44. The standard InChI is InChI=1S/C12H10F3N3OS/c1-16-11(19)7-2-4-8(5-3-7)20-10-6-9(17-18-10)12(13,14)15/h2-6H,1H3,(H,16,19)(H,17,18). The van der Waals surface area contributed by atoms with E-state index < -0.39 is 11.9 Å². The molecule has 1 heterocycles. The van der Waals surface area contributed by atoms with E-state index in [-0.39, 0.29) is 10.9 Å². The number of aromatic nitrogens is 2. The maximum atomic E-state index is 12.4. The van der Waals surface area contributed by atoms with Crippen LogP contribution in [0.1, 0.15) is 16.1 Å². The molecule has 0 aliphatic rings. The lowest BCUT2D eigenvalue weighted by Crippen LogP contribution is -2.17. The second-order valence-corrected chi connectivity index (χ2v) is 4.92. The van der Waals surface area contributed by atoms with Crippen LogP contribution < -0.4 is 5.32 Å². The molecule has 0 bridgehead atoms. The number of halogens is 3. The number of alkyl halides is 3. The van der Waals surface area contributed by atoms with Gasteiger partial charge in [-0.05, 0) is 24.3 Å². The monoisotopic (exact) mass is 301 g/mol. The van der Waals surface area contributed by atoms with Gasteiger partial charge < -0.3 is 5.32 Å². The number of rotatable bonds is 3. The van der Waals surface area contributed by atoms with Crippen LogP contribution in [0.3, 0.4) is 0 Å². The number of hydrogen-bond acceptors (Lipinski definition) is 3. The SMILES string of the molecule is CNC(=O)c1ccc(Sc2cc(C(F)(F)F)[nH]n2)cc1. The van der Waals surface area contributed by atoms with Gasteiger partial charge in [0.2, 0.25) is 0 Å². The van der Waals surface area contributed by atoms with Crippen LogP contribution in [0.25, 0.3) is 0 Å². The molecule has 0 radical (unpaired) electrons. The third-order valence-corrected chi connectivity index (χ3v) is 3.35. The molecule has 20 heavy (non-hydrogen) atoms. The van der Waals surface area contributed by atoms with Crippen molar-refractivity contribution in [1.82, 2.24) is 15.5 Å². The smallest absolute Gasteiger partial charge is 0.355 e. The molecular weight excluding hydrogens is 291 g/mol. The summed E-state index contributed by atoms with van der Waals surface area (Å²) < 4.78 is 37.2. The predicted octanol–water partition coefficient (Wildman–Crippen LogP) is 2.94. The van der Waals surface area contributed by atoms with Crippen LogP contribution in [0.2, 0.25) is 0 Å². The molecule has 1 aromatic carbocycles. The number of benzene rings is 1. The highest BCUT2D eigenvalue weighted by Crippen LogP contribution is 2.32. The topological polar surface area (TPSA) is 57.8 Å². The van der Waals surface area contributed by atoms with E-state index in [0.29, 0.717) is 10.5 Å². The van der Waals surface area contributed by atoms with Gasteiger partial charge in [0.1, 0.15) is 10.7 Å². The van der Waals surface area contributed by atoms with Gasteiger partial charge in [-0.1, -0.05) is 11.8 Å². The van der Waals surface area contributed by atoms with E-state index in [0.717, 1.165) is 17.8 Å². The number of carbonyl (C=O) groups excluding carboxylic acids is 1. The second kappa shape index (κ2) is 5.58. The van der Waals surface area contributed by atoms with E-state index in [9.17, 15) is 18.0 Å². The molecular formula is C12H10F3N3OS. The van der Waals surface area contributed by atoms with Crippen molar-refractivity contribution in [2.75, 3.05) is 7.05 Å². The minimum atomic E-state index is -4.44. The van der Waals surface area contributed by atoms with E-state index >= 15 is 0 Å². The molecule has 4 nitrogen and oxygen atoms in total. The summed E-state index contributed by atoms with van der Waals surface area (Å²) in [7, 11) is 1.52. The molecule has 0 saturated heterocycles. The quantitative estimate of drug-likeness (QED) is 0.916. The number of H-pyrrole nitrogens is 1. The zero-order valence-electron chi connectivity index (χ0n) is 10.3. The third-order valence-electron chi connectivity index (χ3n) is 2.43. The predicted molar refractivity (Wildman–Crippen MR) is 67.5 cm³/mol. The van der Waals surface area contributed by atoms with Crippen LogP contribution in [0, 0.1) is 0 Å². The first kappa shape index (κ1) is 14.4. The lowest BCUT2D eigenvalue weighted by molar-refractivity contribution is -0.141. The van der Waals surface area contributed by atoms with E-state index in [1.54, 1.807) is 24.3 Å². The summed E-state index contributed by atoms with van der Waals surface area (Å²) in [4.78, 5) is 12.0. The van der Waals surface area contributed by atoms with Gasteiger partial charge in [-0.15, -0.1) is 0 Å². The molecule has 106 valence electrons. The van der Waals surface area contributed by atoms with Crippen LogP contribution in [-0.2, 0) is 6.18 Å². The first-order valence-corrected chi connectivity index (χ1v) is 6.34. The number of nitrogens with zero attached hydrogens (tertiary/aromatic N) is 1. The zero-order valence-corrected chi connectivity index (χ0v) is 11.1. The van der Waals surface area contributed by atoms with Crippen LogP contribution in [0.4, 0.5) is 13.2 Å². The van der Waals surface area contributed by atoms with E-state index in [4.69, 9.17) is 0 Å². The van der Waals surface area contributed by atoms with Gasteiger partial charge in [0.15, 0.2) is 0 Å². The van der Waals surface area contributed by atoms with Crippen molar-refractivity contribution in [3.05, 3.63) is 41.6 Å². The Morgan fingerprint density at radius 2 is 1.95 bits per heavy atom. The molecule has 0 fully saturated rings. The van der Waals surface area contributed by atoms with Crippen molar-refractivity contribution in [3.63, 3.8) is 0 Å². The molecule has 0 unspecified atom stereocenters. The Kier molecular flexibility index (Phi) is 4.03. The molecule has 0 aliphatic carbocycles. The third kappa shape index (κ3) is 3.32. The molecule has 0 spiro atoms. The van der Waals surface area contributed by atoms with E-state index in [2.05, 4.69) is 10.4 Å².